The molecule has 172 valence electrons. The van der Waals surface area contributed by atoms with E-state index in [9.17, 15) is 9.59 Å². The number of rotatable bonds is 5. The fraction of sp³-hybridized carbons (Fsp3) is 0.241. The van der Waals surface area contributed by atoms with Crippen LogP contribution in [-0.4, -0.2) is 30.9 Å². The maximum Gasteiger partial charge on any atom is 0.257 e. The normalized spacial score (nSPS) is 13.4. The van der Waals surface area contributed by atoms with Crippen LogP contribution < -0.4 is 10.3 Å². The zero-order valence-electron chi connectivity index (χ0n) is 19.6. The van der Waals surface area contributed by atoms with Gasteiger partial charge in [-0.3, -0.25) is 9.59 Å². The number of carbonyl (C=O) groups excluding carboxylic acids is 1. The van der Waals surface area contributed by atoms with Gasteiger partial charge >= 0.3 is 0 Å². The molecule has 0 radical (unpaired) electrons. The minimum atomic E-state index is -0.173. The Balaban J connectivity index is 1.53. The molecule has 2 heterocycles. The molecule has 0 unspecified atom stereocenters. The third-order valence-corrected chi connectivity index (χ3v) is 6.60. The Kier molecular flexibility index (Phi) is 5.93. The van der Waals surface area contributed by atoms with Crippen LogP contribution >= 0.6 is 0 Å². The van der Waals surface area contributed by atoms with Gasteiger partial charge in [0.15, 0.2) is 11.0 Å². The zero-order valence-corrected chi connectivity index (χ0v) is 19.6. The monoisotopic (exact) mass is 452 g/mol. The predicted octanol–water partition coefficient (Wildman–Crippen LogP) is 5.64. The molecule has 1 aromatic heterocycles. The quantitative estimate of drug-likeness (QED) is 0.393. The Morgan fingerprint density at radius 3 is 2.41 bits per heavy atom. The molecule has 5 heteroatoms. The van der Waals surface area contributed by atoms with Crippen LogP contribution in [0.25, 0.3) is 22.3 Å². The van der Waals surface area contributed by atoms with E-state index in [1.165, 1.54) is 18.5 Å². The second-order valence-electron chi connectivity index (χ2n) is 8.92. The highest BCUT2D eigenvalue weighted by Crippen LogP contribution is 2.29. The Hall–Kier alpha value is -3.86. The van der Waals surface area contributed by atoms with E-state index in [0.29, 0.717) is 34.4 Å². The van der Waals surface area contributed by atoms with Gasteiger partial charge in [-0.1, -0.05) is 54.6 Å². The van der Waals surface area contributed by atoms with E-state index in [4.69, 9.17) is 4.42 Å². The summed E-state index contributed by atoms with van der Waals surface area (Å²) in [6.45, 7) is 4.34. The van der Waals surface area contributed by atoms with Crippen molar-refractivity contribution in [2.24, 2.45) is 0 Å². The summed E-state index contributed by atoms with van der Waals surface area (Å²) < 4.78 is 6.26. The molecule has 34 heavy (non-hydrogen) atoms. The maximum absolute atomic E-state index is 13.6. The lowest BCUT2D eigenvalue weighted by molar-refractivity contribution is 0.0786. The number of benzene rings is 3. The molecule has 0 atom stereocenters. The Morgan fingerprint density at radius 1 is 0.941 bits per heavy atom. The molecule has 0 N–H and O–H groups in total. The molecule has 1 saturated heterocycles. The number of carbonyl (C=O) groups is 1. The van der Waals surface area contributed by atoms with E-state index in [0.717, 1.165) is 24.2 Å². The minimum Gasteiger partial charge on any atom is -0.455 e. The van der Waals surface area contributed by atoms with E-state index in [-0.39, 0.29) is 11.3 Å². The van der Waals surface area contributed by atoms with Crippen LogP contribution in [0.15, 0.2) is 82.0 Å². The van der Waals surface area contributed by atoms with Crippen molar-refractivity contribution in [1.29, 1.82) is 0 Å². The number of hydrogen-bond acceptors (Lipinski definition) is 4. The van der Waals surface area contributed by atoms with Crippen LogP contribution in [0, 0.1) is 6.92 Å². The van der Waals surface area contributed by atoms with Gasteiger partial charge in [0, 0.05) is 43.5 Å². The van der Waals surface area contributed by atoms with Gasteiger partial charge in [0.05, 0.1) is 10.9 Å². The third kappa shape index (κ3) is 3.98. The first kappa shape index (κ1) is 22.0. The second kappa shape index (κ2) is 9.18. The average molecular weight is 453 g/mol. The van der Waals surface area contributed by atoms with E-state index >= 15 is 0 Å². The summed E-state index contributed by atoms with van der Waals surface area (Å²) >= 11 is 0. The lowest BCUT2D eigenvalue weighted by Gasteiger charge is -2.24. The highest BCUT2D eigenvalue weighted by molar-refractivity contribution is 6.05. The standard InChI is InChI=1S/C29H28N2O3/c1-20-26(32)23-14-10-15-24(28(23)34-27(20)21-11-4-3-5-12-21)29(33)30(2)19-22-13-6-7-16-25(22)31-17-8-9-18-31/h3-7,10-16H,8-9,17-19H2,1-2H3. The number of anilines is 1. The summed E-state index contributed by atoms with van der Waals surface area (Å²) in [6, 6.07) is 23.0. The molecule has 5 nitrogen and oxygen atoms in total. The SMILES string of the molecule is Cc1c(-c2ccccc2)oc2c(C(=O)N(C)Cc3ccccc3N3CCCC3)cccc2c1=O. The summed E-state index contributed by atoms with van der Waals surface area (Å²) in [6.07, 6.45) is 2.39. The van der Waals surface area contributed by atoms with Crippen molar-refractivity contribution in [3.05, 3.63) is 99.7 Å². The van der Waals surface area contributed by atoms with Gasteiger partial charge in [-0.25, -0.2) is 0 Å². The van der Waals surface area contributed by atoms with E-state index in [2.05, 4.69) is 17.0 Å². The number of hydrogen-bond donors (Lipinski definition) is 0. The first-order valence-electron chi connectivity index (χ1n) is 11.7. The fourth-order valence-corrected chi connectivity index (χ4v) is 4.79. The van der Waals surface area contributed by atoms with Crippen molar-refractivity contribution in [3.63, 3.8) is 0 Å². The van der Waals surface area contributed by atoms with Gasteiger partial charge in [-0.15, -0.1) is 0 Å². The van der Waals surface area contributed by atoms with Crippen LogP contribution in [0.3, 0.4) is 0 Å². The molecule has 0 bridgehead atoms. The second-order valence-corrected chi connectivity index (χ2v) is 8.92. The molecule has 3 aromatic carbocycles. The van der Waals surface area contributed by atoms with Crippen molar-refractivity contribution in [3.8, 4) is 11.3 Å². The van der Waals surface area contributed by atoms with Crippen molar-refractivity contribution in [2.45, 2.75) is 26.3 Å². The fourth-order valence-electron chi connectivity index (χ4n) is 4.79. The van der Waals surface area contributed by atoms with E-state index in [1.54, 1.807) is 37.1 Å². The highest BCUT2D eigenvalue weighted by Gasteiger charge is 2.22. The molecule has 1 aliphatic rings. The van der Waals surface area contributed by atoms with Crippen molar-refractivity contribution in [1.82, 2.24) is 4.90 Å². The Bertz CT molecular complexity index is 1400. The maximum atomic E-state index is 13.6. The largest absolute Gasteiger partial charge is 0.455 e. The van der Waals surface area contributed by atoms with Gasteiger partial charge in [-0.2, -0.15) is 0 Å². The molecular formula is C29H28N2O3. The van der Waals surface area contributed by atoms with Crippen molar-refractivity contribution in [2.75, 3.05) is 25.0 Å². The number of amides is 1. The van der Waals surface area contributed by atoms with Gasteiger partial charge in [0.1, 0.15) is 5.76 Å². The number of nitrogens with zero attached hydrogens (tertiary/aromatic N) is 2. The summed E-state index contributed by atoms with van der Waals surface area (Å²) in [5.74, 6) is 0.327. The van der Waals surface area contributed by atoms with Gasteiger partial charge in [-0.05, 0) is 43.5 Å². The van der Waals surface area contributed by atoms with Gasteiger partial charge in [0.2, 0.25) is 0 Å². The van der Waals surface area contributed by atoms with Crippen molar-refractivity contribution >= 4 is 22.6 Å². The first-order valence-corrected chi connectivity index (χ1v) is 11.7. The summed E-state index contributed by atoms with van der Waals surface area (Å²) in [5.41, 5.74) is 4.27. The molecule has 0 spiro atoms. The summed E-state index contributed by atoms with van der Waals surface area (Å²) in [4.78, 5) is 30.8. The molecule has 1 fully saturated rings. The Labute approximate surface area is 199 Å². The van der Waals surface area contributed by atoms with Crippen molar-refractivity contribution < 1.29 is 9.21 Å². The summed E-state index contributed by atoms with van der Waals surface area (Å²) in [5, 5.41) is 0.425. The molecule has 1 aliphatic heterocycles. The smallest absolute Gasteiger partial charge is 0.257 e. The van der Waals surface area contributed by atoms with Crippen LogP contribution in [-0.2, 0) is 6.54 Å². The third-order valence-electron chi connectivity index (χ3n) is 6.60. The summed E-state index contributed by atoms with van der Waals surface area (Å²) in [7, 11) is 1.80. The molecule has 0 saturated carbocycles. The van der Waals surface area contributed by atoms with Crippen LogP contribution in [0.2, 0.25) is 0 Å². The average Bonchev–Trinajstić information content (AvgIpc) is 3.41. The van der Waals surface area contributed by atoms with Gasteiger partial charge in [0.25, 0.3) is 5.91 Å². The van der Waals surface area contributed by atoms with Crippen LogP contribution in [0.1, 0.15) is 34.3 Å². The van der Waals surface area contributed by atoms with Crippen LogP contribution in [0.5, 0.6) is 0 Å². The first-order chi connectivity index (χ1) is 16.5. The Morgan fingerprint density at radius 2 is 1.65 bits per heavy atom. The topological polar surface area (TPSA) is 53.8 Å². The predicted molar refractivity (Wildman–Crippen MR) is 136 cm³/mol. The lowest BCUT2D eigenvalue weighted by Crippen LogP contribution is -2.28. The number of fused-ring (bicyclic) bond motifs is 1. The lowest BCUT2D eigenvalue weighted by atomic mass is 10.0. The highest BCUT2D eigenvalue weighted by atomic mass is 16.3. The zero-order chi connectivity index (χ0) is 23.7. The van der Waals surface area contributed by atoms with E-state index in [1.807, 2.05) is 42.5 Å². The molecule has 1 amide bonds. The van der Waals surface area contributed by atoms with Crippen LogP contribution in [0.4, 0.5) is 5.69 Å². The van der Waals surface area contributed by atoms with Gasteiger partial charge < -0.3 is 14.2 Å². The van der Waals surface area contributed by atoms with E-state index < -0.39 is 0 Å². The molecule has 4 aromatic rings. The molecular weight excluding hydrogens is 424 g/mol. The minimum absolute atomic E-state index is 0.114. The molecule has 0 aliphatic carbocycles. The number of para-hydroxylation sites is 2. The molecule has 5 rings (SSSR count).